The fraction of sp³-hybridized carbons (Fsp3) is 0.200. The van der Waals surface area contributed by atoms with Crippen LogP contribution in [0.5, 0.6) is 0 Å². The first kappa shape index (κ1) is 3.61. The van der Waals surface area contributed by atoms with Crippen LogP contribution in [0.25, 0.3) is 0 Å². The van der Waals surface area contributed by atoms with Gasteiger partial charge in [-0.15, -0.1) is 24.1 Å². The number of hydrogen-bond acceptors (Lipinski definition) is 2. The Morgan fingerprint density at radius 1 is 2.29 bits per heavy atom. The zero-order chi connectivity index (χ0) is 7.28. The second-order valence-corrected chi connectivity index (χ2v) is 1.57. The number of rotatable bonds is 2. The molecule has 0 fully saturated rings. The first-order chi connectivity index (χ1) is 4.22. The van der Waals surface area contributed by atoms with E-state index in [1.54, 1.807) is 6.26 Å². The first-order valence-corrected chi connectivity index (χ1v) is 2.96. The molecule has 0 radical (unpaired) electrons. The van der Waals surface area contributed by atoms with Gasteiger partial charge in [0.2, 0.25) is 0 Å². The van der Waals surface area contributed by atoms with Crippen LogP contribution in [-0.2, 0) is 0 Å². The van der Waals surface area contributed by atoms with Gasteiger partial charge in [0.15, 0.2) is 0 Å². The Hall–Kier alpha value is -0.370. The molecule has 0 aliphatic carbocycles. The average molecular weight is 117 g/mol. The predicted molar refractivity (Wildman–Crippen MR) is 31.8 cm³/mol. The van der Waals surface area contributed by atoms with Gasteiger partial charge >= 0.3 is 0 Å². The predicted octanol–water partition coefficient (Wildman–Crippen LogP) is 0.737. The summed E-state index contributed by atoms with van der Waals surface area (Å²) in [6.07, 6.45) is 1.76. The van der Waals surface area contributed by atoms with Crippen LogP contribution in [0, 0.1) is 0 Å². The number of hydrogen-bond donors (Lipinski definition) is 0. The SMILES string of the molecule is [2H]C=C([O-])/C([2H])=C/SC. The normalized spacial score (nSPS) is 18.4. The molecule has 0 aromatic rings. The van der Waals surface area contributed by atoms with Crippen molar-refractivity contribution in [1.82, 2.24) is 0 Å². The highest BCUT2D eigenvalue weighted by molar-refractivity contribution is 8.01. The van der Waals surface area contributed by atoms with Crippen molar-refractivity contribution in [1.29, 1.82) is 0 Å². The van der Waals surface area contributed by atoms with Crippen molar-refractivity contribution in [3.8, 4) is 0 Å². The van der Waals surface area contributed by atoms with E-state index in [4.69, 9.17) is 2.74 Å². The molecule has 1 nitrogen and oxygen atoms in total. The van der Waals surface area contributed by atoms with Crippen molar-refractivity contribution < 1.29 is 7.85 Å². The van der Waals surface area contributed by atoms with Gasteiger partial charge in [0.25, 0.3) is 0 Å². The van der Waals surface area contributed by atoms with Gasteiger partial charge in [0.1, 0.15) is 0 Å². The van der Waals surface area contributed by atoms with Crippen LogP contribution < -0.4 is 5.11 Å². The van der Waals surface area contributed by atoms with E-state index in [0.717, 1.165) is 0 Å². The third kappa shape index (κ3) is 5.63. The Morgan fingerprint density at radius 2 is 3.00 bits per heavy atom. The second-order valence-electron chi connectivity index (χ2n) is 0.862. The summed E-state index contributed by atoms with van der Waals surface area (Å²) in [7, 11) is 0. The van der Waals surface area contributed by atoms with Crippen molar-refractivity contribution >= 4 is 11.8 Å². The van der Waals surface area contributed by atoms with E-state index >= 15 is 0 Å². The van der Waals surface area contributed by atoms with Crippen LogP contribution in [0.4, 0.5) is 0 Å². The molecule has 0 rings (SSSR count). The minimum atomic E-state index is -0.552. The Labute approximate surface area is 50.5 Å². The highest BCUT2D eigenvalue weighted by Gasteiger charge is 1.60. The molecule has 0 bridgehead atoms. The fourth-order valence-electron chi connectivity index (χ4n) is 0.117. The van der Waals surface area contributed by atoms with E-state index < -0.39 is 5.76 Å². The smallest absolute Gasteiger partial charge is 0.0621 e. The summed E-state index contributed by atoms with van der Waals surface area (Å²) in [5.41, 5.74) is 0. The molecular formula is C5H7OS-. The highest BCUT2D eigenvalue weighted by atomic mass is 32.2. The molecule has 0 saturated heterocycles. The molecule has 2 heteroatoms. The van der Waals surface area contributed by atoms with Gasteiger partial charge in [-0.1, -0.05) is 6.05 Å². The molecule has 0 aliphatic rings. The van der Waals surface area contributed by atoms with Crippen molar-refractivity contribution in [2.24, 2.45) is 0 Å². The molecule has 0 aromatic heterocycles. The third-order valence-corrected chi connectivity index (χ3v) is 0.673. The van der Waals surface area contributed by atoms with Crippen LogP contribution in [0.2, 0.25) is 0 Å². The quantitative estimate of drug-likeness (QED) is 0.393. The van der Waals surface area contributed by atoms with Gasteiger partial charge in [-0.05, 0) is 11.7 Å². The van der Waals surface area contributed by atoms with E-state index in [9.17, 15) is 5.11 Å². The summed E-state index contributed by atoms with van der Waals surface area (Å²) in [5, 5.41) is 11.8. The minimum absolute atomic E-state index is 0.127. The van der Waals surface area contributed by atoms with Gasteiger partial charge in [-0.3, -0.25) is 0 Å². The molecule has 0 N–H and O–H groups in total. The van der Waals surface area contributed by atoms with Gasteiger partial charge in [0, 0.05) is 0 Å². The van der Waals surface area contributed by atoms with E-state index in [1.807, 2.05) is 0 Å². The van der Waals surface area contributed by atoms with E-state index in [-0.39, 0.29) is 6.05 Å². The Bertz CT molecular complexity index is 142. The Morgan fingerprint density at radius 3 is 3.43 bits per heavy atom. The van der Waals surface area contributed by atoms with E-state index in [0.29, 0.717) is 6.55 Å². The summed E-state index contributed by atoms with van der Waals surface area (Å²) in [4.78, 5) is 0. The van der Waals surface area contributed by atoms with Gasteiger partial charge in [0.05, 0.1) is 2.74 Å². The minimum Gasteiger partial charge on any atom is -0.873 e. The number of allylic oxidation sites excluding steroid dienone is 1. The maximum Gasteiger partial charge on any atom is 0.0621 e. The third-order valence-electron chi connectivity index (χ3n) is 0.319. The summed E-state index contributed by atoms with van der Waals surface area (Å²) in [6.45, 7) is 0.634. The van der Waals surface area contributed by atoms with Crippen molar-refractivity contribution in [3.63, 3.8) is 0 Å². The lowest BCUT2D eigenvalue weighted by Crippen LogP contribution is -1.95. The van der Waals surface area contributed by atoms with Crippen molar-refractivity contribution in [2.75, 3.05) is 6.26 Å². The fourth-order valence-corrected chi connectivity index (χ4v) is 0.351. The molecule has 0 amide bonds. The summed E-state index contributed by atoms with van der Waals surface area (Å²) in [5.74, 6) is -0.552. The first-order valence-electron chi connectivity index (χ1n) is 2.75. The van der Waals surface area contributed by atoms with Gasteiger partial charge < -0.3 is 5.11 Å². The highest BCUT2D eigenvalue weighted by Crippen LogP contribution is 1.93. The second kappa shape index (κ2) is 3.81. The zero-order valence-corrected chi connectivity index (χ0v) is 4.79. The van der Waals surface area contributed by atoms with Gasteiger partial charge in [-0.2, -0.15) is 0 Å². The van der Waals surface area contributed by atoms with Crippen molar-refractivity contribution in [3.05, 3.63) is 23.8 Å². The summed E-state index contributed by atoms with van der Waals surface area (Å²) >= 11 is 1.28. The maximum absolute atomic E-state index is 10.4. The lowest BCUT2D eigenvalue weighted by Gasteiger charge is -1.97. The topological polar surface area (TPSA) is 23.1 Å². The molecule has 0 aromatic carbocycles. The molecule has 0 unspecified atom stereocenters. The largest absolute Gasteiger partial charge is 0.873 e. The molecule has 0 atom stereocenters. The van der Waals surface area contributed by atoms with Crippen LogP contribution in [0.1, 0.15) is 2.74 Å². The van der Waals surface area contributed by atoms with Crippen LogP contribution in [0.3, 0.4) is 0 Å². The Balaban J connectivity index is 4.03. The molecule has 0 heterocycles. The molecule has 0 spiro atoms. The van der Waals surface area contributed by atoms with Crippen LogP contribution in [0.15, 0.2) is 23.8 Å². The van der Waals surface area contributed by atoms with Crippen LogP contribution in [-0.4, -0.2) is 6.26 Å². The monoisotopic (exact) mass is 117 g/mol. The van der Waals surface area contributed by atoms with Gasteiger partial charge in [-0.25, -0.2) is 0 Å². The summed E-state index contributed by atoms with van der Waals surface area (Å²) in [6, 6.07) is -0.127. The number of thioether (sulfide) groups is 1. The average Bonchev–Trinajstić information content (AvgIpc) is 1.87. The Kier molecular flexibility index (Phi) is 1.96. The molecule has 7 heavy (non-hydrogen) atoms. The standard InChI is InChI=1S/C5H8OS/c1-5(6)3-4-7-2/h3-4,6H,1H2,2H3/p-1/b4-3+/i1D,3D/b4-3+,5-1?. The van der Waals surface area contributed by atoms with E-state index in [2.05, 4.69) is 0 Å². The van der Waals surface area contributed by atoms with E-state index in [1.165, 1.54) is 17.2 Å². The lowest BCUT2D eigenvalue weighted by atomic mass is 10.6. The summed E-state index contributed by atoms with van der Waals surface area (Å²) < 4.78 is 13.4. The zero-order valence-electron chi connectivity index (χ0n) is 5.97. The molecule has 0 aliphatic heterocycles. The molecule has 0 saturated carbocycles. The maximum atomic E-state index is 10.4. The lowest BCUT2D eigenvalue weighted by molar-refractivity contribution is -0.294. The van der Waals surface area contributed by atoms with Crippen molar-refractivity contribution in [2.45, 2.75) is 0 Å². The van der Waals surface area contributed by atoms with Crippen LogP contribution >= 0.6 is 11.8 Å². The molecule has 40 valence electrons. The molecular weight excluding hydrogens is 108 g/mol.